The molecule has 3 aromatic carbocycles. The van der Waals surface area contributed by atoms with Gasteiger partial charge in [-0.25, -0.2) is 0 Å². The second kappa shape index (κ2) is 6.46. The van der Waals surface area contributed by atoms with Gasteiger partial charge in [0.05, 0.1) is 10.5 Å². The van der Waals surface area contributed by atoms with Crippen LogP contribution in [0, 0.1) is 0 Å². The predicted molar refractivity (Wildman–Crippen MR) is 99.9 cm³/mol. The largest absolute Gasteiger partial charge is 0.508 e. The molecule has 0 saturated carbocycles. The van der Waals surface area contributed by atoms with Crippen LogP contribution in [0.25, 0.3) is 0 Å². The molecule has 0 aliphatic carbocycles. The molecule has 0 bridgehead atoms. The molecule has 1 heterocycles. The Hall–Kier alpha value is -2.04. The average Bonchev–Trinajstić information content (AvgIpc) is 2.68. The van der Waals surface area contributed by atoms with Crippen LogP contribution >= 0.6 is 23.5 Å². The van der Waals surface area contributed by atoms with Gasteiger partial charge in [0, 0.05) is 9.79 Å². The Morgan fingerprint density at radius 2 is 1.12 bits per heavy atom. The van der Waals surface area contributed by atoms with E-state index in [4.69, 9.17) is 1.43 Å². The molecule has 4 rings (SSSR count). The van der Waals surface area contributed by atoms with Crippen LogP contribution in [-0.2, 0) is 0 Å². The minimum atomic E-state index is 0.239. The quantitative estimate of drug-likeness (QED) is 0.626. The maximum atomic E-state index is 9.61. The lowest BCUT2D eigenvalue weighted by molar-refractivity contribution is 0.474. The van der Waals surface area contributed by atoms with Crippen molar-refractivity contribution in [1.29, 1.82) is 1.43 Å². The number of hydrogen-bond donors (Lipinski definition) is 2. The Kier molecular flexibility index (Phi) is 3.85. The number of phenolic OH excluding ortho intramolecular Hbond substituents is 2. The first-order valence-corrected chi connectivity index (χ1v) is 9.45. The first kappa shape index (κ1) is 14.3. The second-order valence-corrected chi connectivity index (χ2v) is 8.05. The molecule has 0 fully saturated rings. The molecular weight excluding hydrogens is 336 g/mol. The van der Waals surface area contributed by atoms with Gasteiger partial charge in [-0.2, -0.15) is 0 Å². The highest BCUT2D eigenvalue weighted by Crippen LogP contribution is 2.59. The lowest BCUT2D eigenvalue weighted by atomic mass is 10.0. The molecule has 120 valence electrons. The summed E-state index contributed by atoms with van der Waals surface area (Å²) in [5, 5.41) is 14.6. The van der Waals surface area contributed by atoms with Gasteiger partial charge in [0.2, 0.25) is 0 Å². The zero-order valence-electron chi connectivity index (χ0n) is 13.8. The molecule has 2 nitrogen and oxygen atoms in total. The zero-order valence-corrected chi connectivity index (χ0v) is 14.4. The van der Waals surface area contributed by atoms with Gasteiger partial charge in [0.15, 0.2) is 0 Å². The molecule has 24 heavy (non-hydrogen) atoms. The molecule has 1 aliphatic heterocycles. The van der Waals surface area contributed by atoms with E-state index in [0.29, 0.717) is 5.75 Å². The fourth-order valence-corrected chi connectivity index (χ4v) is 5.85. The highest BCUT2D eigenvalue weighted by atomic mass is 32.2. The van der Waals surface area contributed by atoms with Crippen molar-refractivity contribution in [1.82, 2.24) is 0 Å². The van der Waals surface area contributed by atoms with Gasteiger partial charge in [-0.1, -0.05) is 36.4 Å². The maximum absolute atomic E-state index is 9.61. The van der Waals surface area contributed by atoms with Crippen molar-refractivity contribution in [3.05, 3.63) is 83.9 Å². The molecule has 1 aliphatic rings. The lowest BCUT2D eigenvalue weighted by Crippen LogP contribution is -2.09. The van der Waals surface area contributed by atoms with Crippen molar-refractivity contribution in [2.45, 2.75) is 20.3 Å². The number of thioether (sulfide) groups is 2. The van der Waals surface area contributed by atoms with E-state index in [1.165, 1.54) is 20.9 Å². The van der Waals surface area contributed by atoms with Gasteiger partial charge >= 0.3 is 0 Å². The molecule has 2 atom stereocenters. The molecule has 0 amide bonds. The molecule has 3 aromatic rings. The van der Waals surface area contributed by atoms with E-state index in [-0.39, 0.29) is 16.2 Å². The van der Waals surface area contributed by atoms with Gasteiger partial charge in [-0.3, -0.25) is 0 Å². The number of phenols is 2. The van der Waals surface area contributed by atoms with Gasteiger partial charge in [-0.05, 0) is 47.5 Å². The molecule has 0 aromatic heterocycles. The summed E-state index contributed by atoms with van der Waals surface area (Å²) in [4.78, 5) is 2.57. The molecule has 4 heteroatoms. The van der Waals surface area contributed by atoms with Crippen molar-refractivity contribution in [2.75, 3.05) is 0 Å². The summed E-state index contributed by atoms with van der Waals surface area (Å²) in [5.41, 5.74) is 2.39. The normalized spacial score (nSPS) is 20.1. The van der Waals surface area contributed by atoms with Crippen LogP contribution in [-0.4, -0.2) is 11.6 Å². The Morgan fingerprint density at radius 1 is 0.667 bits per heavy atom. The maximum Gasteiger partial charge on any atom is 0.293 e. The van der Waals surface area contributed by atoms with Crippen LogP contribution in [0.5, 0.6) is 11.5 Å². The molecule has 0 radical (unpaired) electrons. The molecule has 0 saturated heterocycles. The van der Waals surface area contributed by atoms with Crippen LogP contribution in [0.3, 0.4) is 0 Å². The van der Waals surface area contributed by atoms with Crippen LogP contribution in [0.4, 0.5) is 0 Å². The van der Waals surface area contributed by atoms with Gasteiger partial charge < -0.3 is 10.2 Å². The summed E-state index contributed by atoms with van der Waals surface area (Å²) in [7, 11) is 0. The van der Waals surface area contributed by atoms with E-state index in [0.717, 1.165) is 0 Å². The van der Waals surface area contributed by atoms with Crippen LogP contribution < -0.4 is 0 Å². The van der Waals surface area contributed by atoms with Crippen LogP contribution in [0.1, 0.15) is 21.6 Å². The Labute approximate surface area is 151 Å². The summed E-state index contributed by atoms with van der Waals surface area (Å²) in [6.45, 7) is 0. The third kappa shape index (κ3) is 2.99. The van der Waals surface area contributed by atoms with E-state index >= 15 is 0 Å². The highest BCUT2D eigenvalue weighted by Gasteiger charge is 2.32. The van der Waals surface area contributed by atoms with Crippen molar-refractivity contribution < 1.29 is 10.2 Å². The van der Waals surface area contributed by atoms with E-state index in [1.54, 1.807) is 12.1 Å². The monoisotopic (exact) mass is 354 g/mol. The third-order valence-electron chi connectivity index (χ3n) is 4.06. The SMILES string of the molecule is [3H]Oc1ccc([C@@H]2Sc3ccccc3S[C@@H]2c2ccc(O)cc2)cc1. The number of aromatic hydroxyl groups is 2. The minimum absolute atomic E-state index is 0.239. The van der Waals surface area contributed by atoms with Crippen molar-refractivity contribution >= 4 is 23.5 Å². The minimum Gasteiger partial charge on any atom is -0.508 e. The molecule has 0 unspecified atom stereocenters. The highest BCUT2D eigenvalue weighted by molar-refractivity contribution is 8.06. The Balaban J connectivity index is 1.75. The fraction of sp³-hybridized carbons (Fsp3) is 0.100. The topological polar surface area (TPSA) is 40.5 Å². The number of rotatable bonds is 3. The van der Waals surface area contributed by atoms with E-state index < -0.39 is 0 Å². The Bertz CT molecular complexity index is 866. The van der Waals surface area contributed by atoms with E-state index in [9.17, 15) is 5.11 Å². The molecular formula is C20H16O2S2. The van der Waals surface area contributed by atoms with Crippen molar-refractivity contribution in [3.8, 4) is 11.5 Å². The van der Waals surface area contributed by atoms with Crippen LogP contribution in [0.2, 0.25) is 0 Å². The van der Waals surface area contributed by atoms with Crippen molar-refractivity contribution in [2.24, 2.45) is 0 Å². The summed E-state index contributed by atoms with van der Waals surface area (Å²) >= 11 is 3.72. The summed E-state index contributed by atoms with van der Waals surface area (Å²) in [5.74, 6) is 0.824. The summed E-state index contributed by atoms with van der Waals surface area (Å²) < 4.78 is 7.02. The third-order valence-corrected chi connectivity index (χ3v) is 7.18. The van der Waals surface area contributed by atoms with E-state index in [2.05, 4.69) is 29.4 Å². The van der Waals surface area contributed by atoms with E-state index in [1.807, 2.05) is 59.9 Å². The predicted octanol–water partition coefficient (Wildman–Crippen LogP) is 5.78. The first-order chi connectivity index (χ1) is 12.2. The van der Waals surface area contributed by atoms with Gasteiger partial charge in [0.25, 0.3) is 1.43 Å². The second-order valence-electron chi connectivity index (χ2n) is 5.68. The zero-order chi connectivity index (χ0) is 17.2. The standard InChI is InChI=1S/C20H16O2S2/c21-15-9-5-13(6-10-15)19-20(14-7-11-16(22)12-8-14)24-18-4-2-1-3-17(18)23-19/h1-12,19-22H/t19-,20+/i/hT. The van der Waals surface area contributed by atoms with Crippen LogP contribution in [0.15, 0.2) is 82.6 Å². The average molecular weight is 354 g/mol. The molecule has 2 N–H and O–H groups in total. The number of fused-ring (bicyclic) bond motifs is 1. The lowest BCUT2D eigenvalue weighted by Gasteiger charge is -2.32. The summed E-state index contributed by atoms with van der Waals surface area (Å²) in [6.07, 6.45) is 0. The van der Waals surface area contributed by atoms with Gasteiger partial charge in [-0.15, -0.1) is 23.5 Å². The number of hydrogen-bond acceptors (Lipinski definition) is 4. The smallest absolute Gasteiger partial charge is 0.293 e. The Morgan fingerprint density at radius 3 is 1.58 bits per heavy atom. The number of benzene rings is 3. The molecule has 0 spiro atoms. The van der Waals surface area contributed by atoms with Gasteiger partial charge in [0.1, 0.15) is 11.5 Å². The fourth-order valence-electron chi connectivity index (χ4n) is 2.85. The van der Waals surface area contributed by atoms with Crippen molar-refractivity contribution in [3.63, 3.8) is 0 Å². The summed E-state index contributed by atoms with van der Waals surface area (Å²) in [6, 6.07) is 23.7. The first-order valence-electron chi connectivity index (χ1n) is 8.10.